The van der Waals surface area contributed by atoms with Gasteiger partial charge in [0, 0.05) is 32.3 Å². The highest BCUT2D eigenvalue weighted by atomic mass is 32.2. The van der Waals surface area contributed by atoms with E-state index in [1.165, 1.54) is 12.5 Å². The molecule has 0 saturated carbocycles. The lowest BCUT2D eigenvalue weighted by atomic mass is 10.1. The summed E-state index contributed by atoms with van der Waals surface area (Å²) < 4.78 is 0. The van der Waals surface area contributed by atoms with E-state index in [1.54, 1.807) is 4.90 Å². The van der Waals surface area contributed by atoms with Gasteiger partial charge in [0.15, 0.2) is 0 Å². The SMILES string of the molecule is CC(=O)N(CCc1ccccc1)CC(=O)N1CCCSCC1. The van der Waals surface area contributed by atoms with Crippen molar-refractivity contribution in [1.82, 2.24) is 9.80 Å². The fourth-order valence-corrected chi connectivity index (χ4v) is 3.40. The molecule has 5 heteroatoms. The Hall–Kier alpha value is -1.49. The molecule has 0 radical (unpaired) electrons. The fraction of sp³-hybridized carbons (Fsp3) is 0.529. The molecule has 0 atom stereocenters. The summed E-state index contributed by atoms with van der Waals surface area (Å²) in [6.45, 7) is 3.95. The monoisotopic (exact) mass is 320 g/mol. The largest absolute Gasteiger partial charge is 0.340 e. The number of hydrogen-bond acceptors (Lipinski definition) is 3. The highest BCUT2D eigenvalue weighted by Gasteiger charge is 2.20. The second kappa shape index (κ2) is 8.83. The van der Waals surface area contributed by atoms with Gasteiger partial charge in [0.05, 0.1) is 6.54 Å². The van der Waals surface area contributed by atoms with Crippen LogP contribution in [0, 0.1) is 0 Å². The van der Waals surface area contributed by atoms with Crippen LogP contribution >= 0.6 is 11.8 Å². The van der Waals surface area contributed by atoms with E-state index in [0.717, 1.165) is 37.4 Å². The Morgan fingerprint density at radius 3 is 2.68 bits per heavy atom. The molecule has 2 rings (SSSR count). The first-order chi connectivity index (χ1) is 10.7. The Kier molecular flexibility index (Phi) is 6.77. The lowest BCUT2D eigenvalue weighted by molar-refractivity contribution is -0.139. The van der Waals surface area contributed by atoms with Crippen LogP contribution in [0.5, 0.6) is 0 Å². The Balaban J connectivity index is 1.87. The van der Waals surface area contributed by atoms with Crippen molar-refractivity contribution < 1.29 is 9.59 Å². The van der Waals surface area contributed by atoms with Crippen LogP contribution in [0.2, 0.25) is 0 Å². The lowest BCUT2D eigenvalue weighted by Gasteiger charge is -2.26. The number of hydrogen-bond donors (Lipinski definition) is 0. The molecule has 22 heavy (non-hydrogen) atoms. The van der Waals surface area contributed by atoms with Gasteiger partial charge in [-0.25, -0.2) is 0 Å². The maximum atomic E-state index is 12.4. The number of thioether (sulfide) groups is 1. The molecule has 1 aromatic carbocycles. The molecular weight excluding hydrogens is 296 g/mol. The molecule has 1 aliphatic heterocycles. The minimum absolute atomic E-state index is 0.0338. The summed E-state index contributed by atoms with van der Waals surface area (Å²) in [5.41, 5.74) is 1.19. The summed E-state index contributed by atoms with van der Waals surface area (Å²) in [6, 6.07) is 10.1. The molecule has 120 valence electrons. The van der Waals surface area contributed by atoms with Gasteiger partial charge in [-0.1, -0.05) is 30.3 Å². The molecule has 2 amide bonds. The molecule has 0 N–H and O–H groups in total. The zero-order chi connectivity index (χ0) is 15.8. The molecule has 4 nitrogen and oxygen atoms in total. The van der Waals surface area contributed by atoms with Gasteiger partial charge >= 0.3 is 0 Å². The van der Waals surface area contributed by atoms with Gasteiger partial charge in [0.1, 0.15) is 0 Å². The summed E-state index contributed by atoms with van der Waals surface area (Å²) >= 11 is 1.90. The predicted molar refractivity (Wildman–Crippen MR) is 90.9 cm³/mol. The van der Waals surface area contributed by atoms with Gasteiger partial charge in [-0.3, -0.25) is 9.59 Å². The van der Waals surface area contributed by atoms with Crippen molar-refractivity contribution in [1.29, 1.82) is 0 Å². The lowest BCUT2D eigenvalue weighted by Crippen LogP contribution is -2.43. The van der Waals surface area contributed by atoms with E-state index >= 15 is 0 Å². The first-order valence-corrected chi connectivity index (χ1v) is 8.97. The minimum Gasteiger partial charge on any atom is -0.340 e. The Labute approximate surface area is 136 Å². The van der Waals surface area contributed by atoms with Crippen molar-refractivity contribution in [3.63, 3.8) is 0 Å². The predicted octanol–water partition coefficient (Wildman–Crippen LogP) is 2.04. The zero-order valence-corrected chi connectivity index (χ0v) is 14.0. The molecule has 1 heterocycles. The van der Waals surface area contributed by atoms with Crippen molar-refractivity contribution in [2.45, 2.75) is 19.8 Å². The van der Waals surface area contributed by atoms with E-state index < -0.39 is 0 Å². The van der Waals surface area contributed by atoms with E-state index in [2.05, 4.69) is 0 Å². The van der Waals surface area contributed by atoms with Crippen LogP contribution in [-0.2, 0) is 16.0 Å². The second-order valence-electron chi connectivity index (χ2n) is 5.52. The molecule has 1 aliphatic rings. The summed E-state index contributed by atoms with van der Waals surface area (Å²) in [5, 5.41) is 0. The van der Waals surface area contributed by atoms with Crippen molar-refractivity contribution in [3.05, 3.63) is 35.9 Å². The van der Waals surface area contributed by atoms with Gasteiger partial charge in [-0.2, -0.15) is 11.8 Å². The van der Waals surface area contributed by atoms with Gasteiger partial charge < -0.3 is 9.80 Å². The standard InChI is InChI=1S/C17H24N2O2S/c1-15(20)19(10-8-16-6-3-2-4-7-16)14-17(21)18-9-5-12-22-13-11-18/h2-4,6-7H,5,8-14H2,1H3. The number of rotatable bonds is 5. The molecule has 1 aromatic rings. The quantitative estimate of drug-likeness (QED) is 0.834. The van der Waals surface area contributed by atoms with Crippen LogP contribution in [0.4, 0.5) is 0 Å². The summed E-state index contributed by atoms with van der Waals surface area (Å²) in [6.07, 6.45) is 1.82. The van der Waals surface area contributed by atoms with Gasteiger partial charge in [-0.05, 0) is 24.2 Å². The van der Waals surface area contributed by atoms with Crippen LogP contribution in [-0.4, -0.2) is 59.3 Å². The highest BCUT2D eigenvalue weighted by Crippen LogP contribution is 2.10. The second-order valence-corrected chi connectivity index (χ2v) is 6.75. The third-order valence-corrected chi connectivity index (χ3v) is 4.91. The molecule has 1 saturated heterocycles. The van der Waals surface area contributed by atoms with Crippen LogP contribution in [0.15, 0.2) is 30.3 Å². The van der Waals surface area contributed by atoms with Crippen molar-refractivity contribution in [2.75, 3.05) is 37.7 Å². The van der Waals surface area contributed by atoms with Crippen LogP contribution in [0.3, 0.4) is 0 Å². The van der Waals surface area contributed by atoms with Gasteiger partial charge in [-0.15, -0.1) is 0 Å². The summed E-state index contributed by atoms with van der Waals surface area (Å²) in [7, 11) is 0. The molecule has 1 fully saturated rings. The Morgan fingerprint density at radius 1 is 1.18 bits per heavy atom. The average Bonchev–Trinajstić information content (AvgIpc) is 2.81. The van der Waals surface area contributed by atoms with Crippen molar-refractivity contribution >= 4 is 23.6 Å². The number of amides is 2. The van der Waals surface area contributed by atoms with Crippen LogP contribution in [0.25, 0.3) is 0 Å². The summed E-state index contributed by atoms with van der Waals surface area (Å²) in [5.74, 6) is 2.16. The first kappa shape index (κ1) is 16.9. The molecule has 0 aliphatic carbocycles. The maximum Gasteiger partial charge on any atom is 0.242 e. The topological polar surface area (TPSA) is 40.6 Å². The number of nitrogens with zero attached hydrogens (tertiary/aromatic N) is 2. The molecule has 0 unspecified atom stereocenters. The van der Waals surface area contributed by atoms with E-state index in [-0.39, 0.29) is 18.4 Å². The summed E-state index contributed by atoms with van der Waals surface area (Å²) in [4.78, 5) is 27.8. The van der Waals surface area contributed by atoms with Gasteiger partial charge in [0.2, 0.25) is 11.8 Å². The normalized spacial score (nSPS) is 15.2. The fourth-order valence-electron chi connectivity index (χ4n) is 2.52. The number of carbonyl (C=O) groups is 2. The van der Waals surface area contributed by atoms with E-state index in [4.69, 9.17) is 0 Å². The number of carbonyl (C=O) groups excluding carboxylic acids is 2. The van der Waals surface area contributed by atoms with Crippen LogP contribution in [0.1, 0.15) is 18.9 Å². The van der Waals surface area contributed by atoms with E-state index in [1.807, 2.05) is 47.0 Å². The van der Waals surface area contributed by atoms with Crippen molar-refractivity contribution in [2.24, 2.45) is 0 Å². The first-order valence-electron chi connectivity index (χ1n) is 7.82. The average molecular weight is 320 g/mol. The third kappa shape index (κ3) is 5.37. The Bertz CT molecular complexity index is 485. The molecule has 0 aromatic heterocycles. The van der Waals surface area contributed by atoms with Crippen LogP contribution < -0.4 is 0 Å². The molecule has 0 spiro atoms. The highest BCUT2D eigenvalue weighted by molar-refractivity contribution is 7.99. The molecule has 0 bridgehead atoms. The van der Waals surface area contributed by atoms with Crippen molar-refractivity contribution in [3.8, 4) is 0 Å². The van der Waals surface area contributed by atoms with Gasteiger partial charge in [0.25, 0.3) is 0 Å². The van der Waals surface area contributed by atoms with E-state index in [0.29, 0.717) is 6.54 Å². The maximum absolute atomic E-state index is 12.4. The smallest absolute Gasteiger partial charge is 0.242 e. The number of benzene rings is 1. The minimum atomic E-state index is -0.0338. The molecular formula is C17H24N2O2S. The zero-order valence-electron chi connectivity index (χ0n) is 13.2. The Morgan fingerprint density at radius 2 is 1.95 bits per heavy atom. The van der Waals surface area contributed by atoms with E-state index in [9.17, 15) is 9.59 Å². The third-order valence-electron chi connectivity index (χ3n) is 3.86.